The molecule has 0 aromatic heterocycles. The zero-order valence-electron chi connectivity index (χ0n) is 11.0. The van der Waals surface area contributed by atoms with Crippen LogP contribution in [0.4, 0.5) is 0 Å². The van der Waals surface area contributed by atoms with Crippen molar-refractivity contribution in [3.8, 4) is 0 Å². The average Bonchev–Trinajstić information content (AvgIpc) is 2.19. The smallest absolute Gasteiger partial charge is 0.0132 e. The molecule has 0 radical (unpaired) electrons. The summed E-state index contributed by atoms with van der Waals surface area (Å²) in [6, 6.07) is 1.44. The van der Waals surface area contributed by atoms with Gasteiger partial charge in [0.15, 0.2) is 0 Å². The molecule has 0 amide bonds. The van der Waals surface area contributed by atoms with E-state index in [1.165, 1.54) is 38.6 Å². The fraction of sp³-hybridized carbons (Fsp3) is 1.00. The maximum atomic E-state index is 3.63. The Kier molecular flexibility index (Phi) is 6.94. The van der Waals surface area contributed by atoms with Crippen LogP contribution in [0.15, 0.2) is 0 Å². The first-order chi connectivity index (χ1) is 7.59. The van der Waals surface area contributed by atoms with Crippen molar-refractivity contribution in [3.63, 3.8) is 0 Å². The van der Waals surface area contributed by atoms with Crippen LogP contribution in [0.3, 0.4) is 0 Å². The molecule has 1 aliphatic rings. The van der Waals surface area contributed by atoms with Crippen LogP contribution in [0.5, 0.6) is 0 Å². The summed E-state index contributed by atoms with van der Waals surface area (Å²) < 4.78 is 0. The first-order valence-corrected chi connectivity index (χ1v) is 7.59. The Morgan fingerprint density at radius 3 is 2.75 bits per heavy atom. The normalized spacial score (nSPS) is 26.6. The lowest BCUT2D eigenvalue weighted by Gasteiger charge is -2.32. The number of hydrogen-bond donors (Lipinski definition) is 1. The van der Waals surface area contributed by atoms with Crippen LogP contribution in [0.25, 0.3) is 0 Å². The highest BCUT2D eigenvalue weighted by atomic mass is 79.9. The number of halogens is 1. The van der Waals surface area contributed by atoms with E-state index < -0.39 is 0 Å². The van der Waals surface area contributed by atoms with Gasteiger partial charge in [0.2, 0.25) is 0 Å². The number of rotatable bonds is 6. The predicted octanol–water partition coefficient (Wildman–Crippen LogP) is 3.01. The zero-order valence-corrected chi connectivity index (χ0v) is 12.6. The Morgan fingerprint density at radius 2 is 2.12 bits per heavy atom. The highest BCUT2D eigenvalue weighted by Crippen LogP contribution is 2.17. The first kappa shape index (κ1) is 14.5. The molecule has 0 aliphatic carbocycles. The van der Waals surface area contributed by atoms with Gasteiger partial charge in [-0.3, -0.25) is 0 Å². The second-order valence-electron chi connectivity index (χ2n) is 5.29. The lowest BCUT2D eigenvalue weighted by Crippen LogP contribution is -2.39. The molecule has 1 N–H and O–H groups in total. The van der Waals surface area contributed by atoms with Gasteiger partial charge >= 0.3 is 0 Å². The molecule has 3 heteroatoms. The van der Waals surface area contributed by atoms with Crippen LogP contribution in [0.2, 0.25) is 0 Å². The van der Waals surface area contributed by atoms with Crippen LogP contribution in [0.1, 0.15) is 46.0 Å². The molecule has 1 saturated heterocycles. The van der Waals surface area contributed by atoms with Gasteiger partial charge in [0.05, 0.1) is 0 Å². The quantitative estimate of drug-likeness (QED) is 0.757. The van der Waals surface area contributed by atoms with Crippen molar-refractivity contribution >= 4 is 15.9 Å². The largest absolute Gasteiger partial charge is 0.314 e. The molecule has 0 saturated carbocycles. The van der Waals surface area contributed by atoms with Crippen LogP contribution in [-0.4, -0.2) is 41.9 Å². The number of piperidine rings is 1. The van der Waals surface area contributed by atoms with Gasteiger partial charge in [-0.05, 0) is 52.7 Å². The van der Waals surface area contributed by atoms with Crippen LogP contribution in [0, 0.1) is 0 Å². The Balaban J connectivity index is 2.09. The standard InChI is InChI=1S/C13H27BrN2/c1-11(14)10-12(2)15-8-7-13-6-4-5-9-16(13)3/h11-13,15H,4-10H2,1-3H3. The molecule has 1 fully saturated rings. The Hall–Kier alpha value is 0.400. The SMILES string of the molecule is CC(Br)CC(C)NCCC1CCCCN1C. The average molecular weight is 291 g/mol. The van der Waals surface area contributed by atoms with Crippen LogP contribution < -0.4 is 5.32 Å². The minimum Gasteiger partial charge on any atom is -0.314 e. The second-order valence-corrected chi connectivity index (χ2v) is 6.85. The van der Waals surface area contributed by atoms with Crippen molar-refractivity contribution in [2.24, 2.45) is 0 Å². The summed E-state index contributed by atoms with van der Waals surface area (Å²) in [5.41, 5.74) is 0. The molecule has 0 aromatic rings. The van der Waals surface area contributed by atoms with Crippen molar-refractivity contribution in [2.45, 2.75) is 62.9 Å². The summed E-state index contributed by atoms with van der Waals surface area (Å²) >= 11 is 3.60. The molecule has 0 aromatic carbocycles. The Labute approximate surface area is 109 Å². The van der Waals surface area contributed by atoms with Gasteiger partial charge in [0, 0.05) is 16.9 Å². The van der Waals surface area contributed by atoms with E-state index >= 15 is 0 Å². The minimum atomic E-state index is 0.618. The van der Waals surface area contributed by atoms with Gasteiger partial charge in [0.25, 0.3) is 0 Å². The minimum absolute atomic E-state index is 0.618. The van der Waals surface area contributed by atoms with E-state index in [-0.39, 0.29) is 0 Å². The number of nitrogens with zero attached hydrogens (tertiary/aromatic N) is 1. The second kappa shape index (κ2) is 7.67. The Morgan fingerprint density at radius 1 is 1.38 bits per heavy atom. The third kappa shape index (κ3) is 5.65. The predicted molar refractivity (Wildman–Crippen MR) is 75.4 cm³/mol. The van der Waals surface area contributed by atoms with Gasteiger partial charge in [-0.1, -0.05) is 29.3 Å². The third-order valence-corrected chi connectivity index (χ3v) is 3.94. The monoisotopic (exact) mass is 290 g/mol. The van der Waals surface area contributed by atoms with Gasteiger partial charge in [-0.2, -0.15) is 0 Å². The highest BCUT2D eigenvalue weighted by Gasteiger charge is 2.18. The molecular formula is C13H27BrN2. The van der Waals surface area contributed by atoms with Crippen molar-refractivity contribution in [1.29, 1.82) is 0 Å². The molecule has 16 heavy (non-hydrogen) atoms. The zero-order chi connectivity index (χ0) is 12.0. The number of alkyl halides is 1. The topological polar surface area (TPSA) is 15.3 Å². The molecular weight excluding hydrogens is 264 g/mol. The molecule has 3 unspecified atom stereocenters. The Bertz CT molecular complexity index is 185. The first-order valence-electron chi connectivity index (χ1n) is 6.67. The maximum Gasteiger partial charge on any atom is 0.0132 e. The summed E-state index contributed by atoms with van der Waals surface area (Å²) in [7, 11) is 2.27. The fourth-order valence-corrected chi connectivity index (χ4v) is 3.14. The number of likely N-dealkylation sites (tertiary alicyclic amines) is 1. The van der Waals surface area contributed by atoms with E-state index in [1.807, 2.05) is 0 Å². The van der Waals surface area contributed by atoms with E-state index in [0.29, 0.717) is 10.9 Å². The lowest BCUT2D eigenvalue weighted by atomic mass is 10.00. The summed E-state index contributed by atoms with van der Waals surface area (Å²) in [6.07, 6.45) is 6.71. The van der Waals surface area contributed by atoms with E-state index in [4.69, 9.17) is 0 Å². The van der Waals surface area contributed by atoms with E-state index in [0.717, 1.165) is 12.6 Å². The van der Waals surface area contributed by atoms with Gasteiger partial charge < -0.3 is 10.2 Å². The highest BCUT2D eigenvalue weighted by molar-refractivity contribution is 9.09. The van der Waals surface area contributed by atoms with E-state index in [1.54, 1.807) is 0 Å². The molecule has 1 rings (SSSR count). The molecule has 2 nitrogen and oxygen atoms in total. The summed E-state index contributed by atoms with van der Waals surface area (Å²) in [4.78, 5) is 3.15. The van der Waals surface area contributed by atoms with Crippen molar-refractivity contribution < 1.29 is 0 Å². The fourth-order valence-electron chi connectivity index (χ4n) is 2.58. The number of nitrogens with one attached hydrogen (secondary N) is 1. The summed E-state index contributed by atoms with van der Waals surface area (Å²) in [6.45, 7) is 6.95. The molecule has 1 heterocycles. The third-order valence-electron chi connectivity index (χ3n) is 3.57. The van der Waals surface area contributed by atoms with Gasteiger partial charge in [-0.15, -0.1) is 0 Å². The van der Waals surface area contributed by atoms with Crippen molar-refractivity contribution in [1.82, 2.24) is 10.2 Å². The van der Waals surface area contributed by atoms with E-state index in [9.17, 15) is 0 Å². The lowest BCUT2D eigenvalue weighted by molar-refractivity contribution is 0.174. The molecule has 0 bridgehead atoms. The number of hydrogen-bond acceptors (Lipinski definition) is 2. The summed E-state index contributed by atoms with van der Waals surface area (Å²) in [5.74, 6) is 0. The molecule has 3 atom stereocenters. The molecule has 0 spiro atoms. The van der Waals surface area contributed by atoms with Crippen LogP contribution >= 0.6 is 15.9 Å². The van der Waals surface area contributed by atoms with Gasteiger partial charge in [0.1, 0.15) is 0 Å². The molecule has 1 aliphatic heterocycles. The van der Waals surface area contributed by atoms with Crippen molar-refractivity contribution in [2.75, 3.05) is 20.1 Å². The van der Waals surface area contributed by atoms with Crippen LogP contribution in [-0.2, 0) is 0 Å². The van der Waals surface area contributed by atoms with E-state index in [2.05, 4.69) is 47.0 Å². The van der Waals surface area contributed by atoms with Crippen molar-refractivity contribution in [3.05, 3.63) is 0 Å². The van der Waals surface area contributed by atoms with Gasteiger partial charge in [-0.25, -0.2) is 0 Å². The summed E-state index contributed by atoms with van der Waals surface area (Å²) in [5, 5.41) is 3.63. The molecule has 96 valence electrons. The maximum absolute atomic E-state index is 3.63.